The molecule has 3 rings (SSSR count). The molecule has 1 N–H and O–H groups in total. The summed E-state index contributed by atoms with van der Waals surface area (Å²) >= 11 is 6.03. The van der Waals surface area contributed by atoms with Crippen LogP contribution in [0.25, 0.3) is 0 Å². The van der Waals surface area contributed by atoms with Crippen molar-refractivity contribution in [3.63, 3.8) is 0 Å². The van der Waals surface area contributed by atoms with E-state index >= 15 is 0 Å². The number of rotatable bonds is 6. The number of hydrogen-bond donors (Lipinski definition) is 1. The van der Waals surface area contributed by atoms with Gasteiger partial charge in [-0.25, -0.2) is 0 Å². The summed E-state index contributed by atoms with van der Waals surface area (Å²) in [5.41, 5.74) is 1.20. The summed E-state index contributed by atoms with van der Waals surface area (Å²) in [6.07, 6.45) is 0.510. The normalized spacial score (nSPS) is 14.1. The molecule has 0 aromatic heterocycles. The maximum Gasteiger partial charge on any atom is 0.278 e. The molecule has 0 saturated carbocycles. The number of benzene rings is 2. The molecule has 0 aliphatic carbocycles. The zero-order chi connectivity index (χ0) is 18.7. The van der Waals surface area contributed by atoms with E-state index < -0.39 is 17.8 Å². The van der Waals surface area contributed by atoms with Gasteiger partial charge in [0.05, 0.1) is 5.97 Å². The Balaban J connectivity index is 1.74. The van der Waals surface area contributed by atoms with Gasteiger partial charge in [-0.2, -0.15) is 0 Å². The first-order valence-electron chi connectivity index (χ1n) is 7.85. The lowest BCUT2D eigenvalue weighted by Crippen LogP contribution is -2.34. The molecule has 7 heteroatoms. The molecule has 26 heavy (non-hydrogen) atoms. The van der Waals surface area contributed by atoms with Crippen molar-refractivity contribution < 1.29 is 19.5 Å². The van der Waals surface area contributed by atoms with Gasteiger partial charge in [0, 0.05) is 12.2 Å². The van der Waals surface area contributed by atoms with E-state index in [9.17, 15) is 19.5 Å². The SMILES string of the molecule is O=C([O-])c1cccc(NC2=C(Cl)C(=O)N(CCc3ccccc3)C2=O)c1. The van der Waals surface area contributed by atoms with Crippen LogP contribution >= 0.6 is 11.6 Å². The highest BCUT2D eigenvalue weighted by Crippen LogP contribution is 2.26. The molecule has 0 unspecified atom stereocenters. The number of hydrogen-bond acceptors (Lipinski definition) is 5. The lowest BCUT2D eigenvalue weighted by molar-refractivity contribution is -0.255. The number of nitrogens with zero attached hydrogens (tertiary/aromatic N) is 1. The minimum Gasteiger partial charge on any atom is -0.545 e. The van der Waals surface area contributed by atoms with Crippen LogP contribution in [0, 0.1) is 0 Å². The zero-order valence-corrected chi connectivity index (χ0v) is 14.3. The third-order valence-corrected chi connectivity index (χ3v) is 4.30. The summed E-state index contributed by atoms with van der Waals surface area (Å²) in [6.45, 7) is 0.197. The van der Waals surface area contributed by atoms with Crippen LogP contribution in [0.4, 0.5) is 5.69 Å². The molecular weight excluding hydrogens is 356 g/mol. The zero-order valence-electron chi connectivity index (χ0n) is 13.6. The highest BCUT2D eigenvalue weighted by atomic mass is 35.5. The van der Waals surface area contributed by atoms with Crippen molar-refractivity contribution in [3.05, 3.63) is 76.5 Å². The van der Waals surface area contributed by atoms with Crippen LogP contribution in [0.3, 0.4) is 0 Å². The Morgan fingerprint density at radius 1 is 1.04 bits per heavy atom. The maximum absolute atomic E-state index is 12.5. The van der Waals surface area contributed by atoms with Crippen molar-refractivity contribution >= 4 is 35.1 Å². The number of imide groups is 1. The van der Waals surface area contributed by atoms with Crippen molar-refractivity contribution in [1.82, 2.24) is 4.90 Å². The highest BCUT2D eigenvalue weighted by molar-refractivity contribution is 6.48. The van der Waals surface area contributed by atoms with Crippen LogP contribution in [-0.2, 0) is 16.0 Å². The number of anilines is 1. The Hall–Kier alpha value is -3.12. The summed E-state index contributed by atoms with van der Waals surface area (Å²) in [4.78, 5) is 36.8. The number of carboxylic acid groups (broad SMARTS) is 1. The van der Waals surface area contributed by atoms with Crippen molar-refractivity contribution in [2.24, 2.45) is 0 Å². The predicted octanol–water partition coefficient (Wildman–Crippen LogP) is 1.52. The first-order valence-corrected chi connectivity index (χ1v) is 8.23. The van der Waals surface area contributed by atoms with Crippen LogP contribution in [0.15, 0.2) is 65.3 Å². The summed E-state index contributed by atoms with van der Waals surface area (Å²) in [7, 11) is 0. The van der Waals surface area contributed by atoms with Gasteiger partial charge >= 0.3 is 0 Å². The first-order chi connectivity index (χ1) is 12.5. The molecule has 0 atom stereocenters. The van der Waals surface area contributed by atoms with Gasteiger partial charge in [0.2, 0.25) is 0 Å². The van der Waals surface area contributed by atoms with E-state index in [1.54, 1.807) is 6.07 Å². The number of carboxylic acids is 1. The molecule has 2 aromatic carbocycles. The molecule has 1 aliphatic rings. The Morgan fingerprint density at radius 3 is 2.46 bits per heavy atom. The Labute approximate surface area is 154 Å². The minimum absolute atomic E-state index is 0.0515. The standard InChI is InChI=1S/C19H15ClN2O4/c20-15-16(21-14-8-4-7-13(11-14)19(25)26)18(24)22(17(15)23)10-9-12-5-2-1-3-6-12/h1-8,11,21H,9-10H2,(H,25,26)/p-1. The third kappa shape index (κ3) is 3.60. The van der Waals surface area contributed by atoms with E-state index in [1.165, 1.54) is 18.2 Å². The monoisotopic (exact) mass is 369 g/mol. The smallest absolute Gasteiger partial charge is 0.278 e. The fourth-order valence-electron chi connectivity index (χ4n) is 2.61. The number of halogens is 1. The second kappa shape index (κ2) is 7.41. The van der Waals surface area contributed by atoms with Crippen molar-refractivity contribution in [2.75, 3.05) is 11.9 Å². The minimum atomic E-state index is -1.34. The number of aromatic carboxylic acids is 1. The summed E-state index contributed by atoms with van der Waals surface area (Å²) < 4.78 is 0. The van der Waals surface area contributed by atoms with Crippen LogP contribution in [0.2, 0.25) is 0 Å². The molecule has 0 spiro atoms. The Morgan fingerprint density at radius 2 is 1.77 bits per heavy atom. The van der Waals surface area contributed by atoms with E-state index in [-0.39, 0.29) is 22.8 Å². The lowest BCUT2D eigenvalue weighted by atomic mass is 10.1. The van der Waals surface area contributed by atoms with Gasteiger partial charge in [-0.05, 0) is 29.7 Å². The maximum atomic E-state index is 12.5. The number of carbonyl (C=O) groups is 3. The Bertz CT molecular complexity index is 909. The van der Waals surface area contributed by atoms with E-state index in [1.807, 2.05) is 30.3 Å². The van der Waals surface area contributed by atoms with E-state index in [2.05, 4.69) is 5.32 Å². The van der Waals surface area contributed by atoms with Gasteiger partial charge in [-0.1, -0.05) is 54.1 Å². The second-order valence-corrected chi connectivity index (χ2v) is 6.06. The van der Waals surface area contributed by atoms with Crippen LogP contribution < -0.4 is 10.4 Å². The molecule has 1 aliphatic heterocycles. The summed E-state index contributed by atoms with van der Waals surface area (Å²) in [5, 5.41) is 13.5. The van der Waals surface area contributed by atoms with Gasteiger partial charge in [0.1, 0.15) is 10.7 Å². The summed E-state index contributed by atoms with van der Waals surface area (Å²) in [5.74, 6) is -2.46. The van der Waals surface area contributed by atoms with Gasteiger partial charge in [0.25, 0.3) is 11.8 Å². The van der Waals surface area contributed by atoms with E-state index in [0.717, 1.165) is 10.5 Å². The van der Waals surface area contributed by atoms with Crippen molar-refractivity contribution in [2.45, 2.75) is 6.42 Å². The van der Waals surface area contributed by atoms with Crippen molar-refractivity contribution in [1.29, 1.82) is 0 Å². The Kier molecular flexibility index (Phi) is 5.04. The fraction of sp³-hybridized carbons (Fsp3) is 0.105. The average Bonchev–Trinajstić information content (AvgIpc) is 2.84. The molecule has 0 radical (unpaired) electrons. The molecule has 132 valence electrons. The van der Waals surface area contributed by atoms with Gasteiger partial charge < -0.3 is 15.2 Å². The van der Waals surface area contributed by atoms with Gasteiger partial charge in [-0.15, -0.1) is 0 Å². The van der Waals surface area contributed by atoms with Crippen LogP contribution in [0.1, 0.15) is 15.9 Å². The number of carbonyl (C=O) groups excluding carboxylic acids is 3. The lowest BCUT2D eigenvalue weighted by Gasteiger charge is -2.15. The average molecular weight is 370 g/mol. The molecule has 2 aromatic rings. The van der Waals surface area contributed by atoms with Crippen LogP contribution in [0.5, 0.6) is 0 Å². The largest absolute Gasteiger partial charge is 0.545 e. The van der Waals surface area contributed by atoms with Crippen molar-refractivity contribution in [3.8, 4) is 0 Å². The number of amides is 2. The highest BCUT2D eigenvalue weighted by Gasteiger charge is 2.37. The molecule has 6 nitrogen and oxygen atoms in total. The topological polar surface area (TPSA) is 89.5 Å². The van der Waals surface area contributed by atoms with Gasteiger partial charge in [0.15, 0.2) is 0 Å². The molecular formula is C19H14ClN2O4-. The predicted molar refractivity (Wildman–Crippen MR) is 94.1 cm³/mol. The fourth-order valence-corrected chi connectivity index (χ4v) is 2.84. The second-order valence-electron chi connectivity index (χ2n) is 5.68. The first kappa shape index (κ1) is 17.7. The third-order valence-electron chi connectivity index (χ3n) is 3.95. The quantitative estimate of drug-likeness (QED) is 0.780. The summed E-state index contributed by atoms with van der Waals surface area (Å²) in [6, 6.07) is 15.2. The van der Waals surface area contributed by atoms with Gasteiger partial charge in [-0.3, -0.25) is 14.5 Å². The molecule has 1 heterocycles. The van der Waals surface area contributed by atoms with E-state index in [0.29, 0.717) is 12.1 Å². The molecule has 2 amide bonds. The number of nitrogens with one attached hydrogen (secondary N) is 1. The molecule has 0 bridgehead atoms. The molecule has 0 fully saturated rings. The molecule has 0 saturated heterocycles. The van der Waals surface area contributed by atoms with Crippen LogP contribution in [-0.4, -0.2) is 29.2 Å². The van der Waals surface area contributed by atoms with E-state index in [4.69, 9.17) is 11.6 Å².